The first-order valence-corrected chi connectivity index (χ1v) is 18.3. The van der Waals surface area contributed by atoms with E-state index < -0.39 is 24.4 Å². The van der Waals surface area contributed by atoms with Gasteiger partial charge in [-0.3, -0.25) is 14.1 Å². The molecule has 12 heteroatoms. The third-order valence-corrected chi connectivity index (χ3v) is 8.54. The van der Waals surface area contributed by atoms with Crippen LogP contribution < -0.4 is 4.74 Å². The largest absolute Gasteiger partial charge is 0.477 e. The van der Waals surface area contributed by atoms with E-state index in [1.807, 2.05) is 6.92 Å². The van der Waals surface area contributed by atoms with Gasteiger partial charge in [0.05, 0.1) is 17.7 Å². The number of sulfone groups is 1. The molecule has 0 aliphatic heterocycles. The van der Waals surface area contributed by atoms with Crippen LogP contribution in [0.1, 0.15) is 19.4 Å². The lowest BCUT2D eigenvalue weighted by molar-refractivity contribution is -0.116. The van der Waals surface area contributed by atoms with E-state index in [1.165, 1.54) is 4.68 Å². The maximum absolute atomic E-state index is 12.3. The normalized spacial score (nSPS) is 13.6. The van der Waals surface area contributed by atoms with Crippen molar-refractivity contribution in [3.63, 3.8) is 0 Å². The molecular weight excluding hydrogens is 526 g/mol. The molecule has 210 valence electrons. The lowest BCUT2D eigenvalue weighted by Gasteiger charge is -2.46. The number of rotatable bonds is 12. The molecule has 0 aliphatic rings. The van der Waals surface area contributed by atoms with Gasteiger partial charge in [0.1, 0.15) is 19.6 Å². The predicted molar refractivity (Wildman–Crippen MR) is 153 cm³/mol. The Morgan fingerprint density at radius 2 is 1.82 bits per heavy atom. The fraction of sp³-hybridized carbons (Fsp3) is 0.500. The van der Waals surface area contributed by atoms with Crippen molar-refractivity contribution in [2.75, 3.05) is 50.2 Å². The zero-order valence-electron chi connectivity index (χ0n) is 23.4. The molecule has 3 aromatic heterocycles. The van der Waals surface area contributed by atoms with Gasteiger partial charge in [-0.05, 0) is 69.2 Å². The fourth-order valence-corrected chi connectivity index (χ4v) is 4.83. The first-order valence-electron chi connectivity index (χ1n) is 12.2. The van der Waals surface area contributed by atoms with Crippen LogP contribution in [0.2, 0.25) is 0 Å². The zero-order chi connectivity index (χ0) is 28.4. The van der Waals surface area contributed by atoms with E-state index in [4.69, 9.17) is 9.47 Å². The summed E-state index contributed by atoms with van der Waals surface area (Å²) in [7, 11) is -5.35. The summed E-state index contributed by atoms with van der Waals surface area (Å²) in [4.78, 5) is 24.3. The summed E-state index contributed by atoms with van der Waals surface area (Å²) >= 11 is 0. The summed E-state index contributed by atoms with van der Waals surface area (Å²) in [6.45, 7) is 6.26. The van der Waals surface area contributed by atoms with Crippen molar-refractivity contribution < 1.29 is 22.7 Å². The summed E-state index contributed by atoms with van der Waals surface area (Å²) in [6, 6.07) is 5.40. The number of nitrogens with zero attached hydrogens (tertiary/aromatic N) is 5. The standard InChI is InChI=1S/C26H39N5O5S2/c1-19-13-23(36-17-26(2,3)16-32)28-15-21(19)22-10-9-20(14-27-22)24-29-25(37(4,33)34)31(30-24)18-35-11-12-38(5,6,7)8/h9-10,13-16,38H,11-12,17-18H2,1-8H3. The Bertz CT molecular complexity index is 1400. The molecular formula is C26H39N5O5S2. The monoisotopic (exact) mass is 565 g/mol. The van der Waals surface area contributed by atoms with Crippen molar-refractivity contribution in [1.29, 1.82) is 0 Å². The number of hydrogen-bond donors (Lipinski definition) is 1. The molecule has 0 aromatic carbocycles. The summed E-state index contributed by atoms with van der Waals surface area (Å²) in [5.74, 6) is 1.60. The maximum Gasteiger partial charge on any atom is 0.248 e. The Kier molecular flexibility index (Phi) is 8.40. The van der Waals surface area contributed by atoms with Gasteiger partial charge in [0.25, 0.3) is 0 Å². The van der Waals surface area contributed by atoms with Crippen molar-refractivity contribution >= 4 is 25.3 Å². The molecule has 0 amide bonds. The Labute approximate surface area is 225 Å². The van der Waals surface area contributed by atoms with Gasteiger partial charge in [0.2, 0.25) is 20.9 Å². The van der Waals surface area contributed by atoms with E-state index in [9.17, 15) is 13.2 Å². The quantitative estimate of drug-likeness (QED) is 0.200. The minimum Gasteiger partial charge on any atom is -0.477 e. The molecule has 0 aliphatic carbocycles. The summed E-state index contributed by atoms with van der Waals surface area (Å²) in [5, 5.41) is 4.25. The first kappa shape index (κ1) is 29.7. The molecule has 3 rings (SSSR count). The number of pyridine rings is 2. The predicted octanol–water partition coefficient (Wildman–Crippen LogP) is 3.28. The average molecular weight is 566 g/mol. The molecule has 0 unspecified atom stereocenters. The van der Waals surface area contributed by atoms with Crippen molar-refractivity contribution in [1.82, 2.24) is 24.7 Å². The molecule has 0 saturated heterocycles. The first-order chi connectivity index (χ1) is 17.4. The van der Waals surface area contributed by atoms with Crippen LogP contribution in [-0.2, 0) is 26.1 Å². The second-order valence-electron chi connectivity index (χ2n) is 12.4. The van der Waals surface area contributed by atoms with Crippen LogP contribution in [0.3, 0.4) is 0 Å². The molecule has 0 fully saturated rings. The van der Waals surface area contributed by atoms with E-state index in [1.54, 1.807) is 44.4 Å². The second-order valence-corrected chi connectivity index (χ2v) is 22.6. The summed E-state index contributed by atoms with van der Waals surface area (Å²) < 4.78 is 37.4. The van der Waals surface area contributed by atoms with Crippen LogP contribution in [0, 0.1) is 12.3 Å². The van der Waals surface area contributed by atoms with Crippen LogP contribution >= 0.6 is 9.16 Å². The highest BCUT2D eigenvalue weighted by atomic mass is 32.3. The van der Waals surface area contributed by atoms with Gasteiger partial charge < -0.3 is 14.3 Å². The van der Waals surface area contributed by atoms with Crippen LogP contribution in [0.4, 0.5) is 0 Å². The molecule has 0 N–H and O–H groups in total. The number of aldehydes is 1. The van der Waals surface area contributed by atoms with Crippen molar-refractivity contribution in [2.24, 2.45) is 5.41 Å². The summed E-state index contributed by atoms with van der Waals surface area (Å²) in [6.07, 6.45) is 14.3. The molecule has 0 radical (unpaired) electrons. The number of aromatic nitrogens is 5. The van der Waals surface area contributed by atoms with E-state index >= 15 is 0 Å². The molecule has 3 heterocycles. The second kappa shape index (κ2) is 10.7. The zero-order valence-corrected chi connectivity index (χ0v) is 25.1. The average Bonchev–Trinajstić information content (AvgIpc) is 3.25. The minimum atomic E-state index is -3.62. The Balaban J connectivity index is 1.78. The smallest absolute Gasteiger partial charge is 0.248 e. The van der Waals surface area contributed by atoms with Crippen molar-refractivity contribution in [3.05, 3.63) is 36.2 Å². The van der Waals surface area contributed by atoms with Gasteiger partial charge in [-0.2, -0.15) is 4.98 Å². The van der Waals surface area contributed by atoms with Gasteiger partial charge in [-0.25, -0.2) is 18.1 Å². The lowest BCUT2D eigenvalue weighted by atomic mass is 9.98. The molecule has 38 heavy (non-hydrogen) atoms. The van der Waals surface area contributed by atoms with Gasteiger partial charge in [-0.1, -0.05) is 0 Å². The molecule has 0 spiro atoms. The molecule has 0 atom stereocenters. The highest BCUT2D eigenvalue weighted by Gasteiger charge is 2.22. The summed E-state index contributed by atoms with van der Waals surface area (Å²) in [5.41, 5.74) is 2.39. The van der Waals surface area contributed by atoms with Crippen LogP contribution in [0.25, 0.3) is 22.6 Å². The van der Waals surface area contributed by atoms with Gasteiger partial charge in [0.15, 0.2) is 5.82 Å². The number of aryl methyl sites for hydroxylation is 1. The SMILES string of the molecule is Cc1cc(OCC(C)(C)C=O)ncc1-c1ccc(-c2nc(S(C)(=O)=O)n(COCC[SH](C)(C)(C)C)n2)cn1. The third kappa shape index (κ3) is 8.34. The Hall–Kier alpha value is -2.83. The molecule has 10 nitrogen and oxygen atoms in total. The molecule has 0 bridgehead atoms. The van der Waals surface area contributed by atoms with Crippen molar-refractivity contribution in [3.8, 4) is 28.5 Å². The molecule has 3 aromatic rings. The van der Waals surface area contributed by atoms with Crippen molar-refractivity contribution in [2.45, 2.75) is 32.7 Å². The van der Waals surface area contributed by atoms with Crippen LogP contribution in [0.15, 0.2) is 35.7 Å². The molecule has 0 saturated carbocycles. The lowest BCUT2D eigenvalue weighted by Crippen LogP contribution is -2.23. The van der Waals surface area contributed by atoms with Gasteiger partial charge >= 0.3 is 0 Å². The van der Waals surface area contributed by atoms with E-state index in [0.717, 1.165) is 29.4 Å². The third-order valence-electron chi connectivity index (χ3n) is 5.61. The highest BCUT2D eigenvalue weighted by Crippen LogP contribution is 2.54. The Morgan fingerprint density at radius 3 is 2.37 bits per heavy atom. The fourth-order valence-electron chi connectivity index (χ4n) is 3.25. The van der Waals surface area contributed by atoms with Crippen LogP contribution in [-0.4, -0.2) is 89.7 Å². The Morgan fingerprint density at radius 1 is 1.11 bits per heavy atom. The van der Waals surface area contributed by atoms with Crippen LogP contribution in [0.5, 0.6) is 5.88 Å². The van der Waals surface area contributed by atoms with Gasteiger partial charge in [0, 0.05) is 35.8 Å². The topological polar surface area (TPSA) is 126 Å². The maximum atomic E-state index is 12.3. The number of carbonyl (C=O) groups excluding carboxylic acids is 1. The highest BCUT2D eigenvalue weighted by molar-refractivity contribution is 8.47. The van der Waals surface area contributed by atoms with E-state index in [0.29, 0.717) is 23.7 Å². The number of carbonyl (C=O) groups is 1. The number of hydrogen-bond acceptors (Lipinski definition) is 9. The number of thiol groups is 1. The van der Waals surface area contributed by atoms with Gasteiger partial charge in [-0.15, -0.1) is 5.10 Å². The van der Waals surface area contributed by atoms with E-state index in [2.05, 4.69) is 45.1 Å². The van der Waals surface area contributed by atoms with E-state index in [-0.39, 0.29) is 24.3 Å². The minimum absolute atomic E-state index is 0.00325. The number of ether oxygens (including phenoxy) is 2.